The molecule has 0 fully saturated rings. The Balaban J connectivity index is 2.72. The van der Waals surface area contributed by atoms with Crippen molar-refractivity contribution in [3.05, 3.63) is 35.6 Å². The number of likely N-dealkylation sites (N-methyl/N-ethyl adjacent to an activating group) is 1. The maximum Gasteiger partial charge on any atom is 0.329 e. The Morgan fingerprint density at radius 2 is 2.05 bits per heavy atom. The monoisotopic (exact) mass is 282 g/mol. The van der Waals surface area contributed by atoms with E-state index in [4.69, 9.17) is 5.11 Å². The average molecular weight is 282 g/mol. The molecular formula is C14H19FN2O3. The van der Waals surface area contributed by atoms with Gasteiger partial charge in [0.1, 0.15) is 11.4 Å². The van der Waals surface area contributed by atoms with Gasteiger partial charge in [0.25, 0.3) is 0 Å². The molecular weight excluding hydrogens is 263 g/mol. The molecule has 20 heavy (non-hydrogen) atoms. The van der Waals surface area contributed by atoms with Crippen LogP contribution in [0, 0.1) is 5.82 Å². The van der Waals surface area contributed by atoms with E-state index in [1.54, 1.807) is 19.1 Å². The van der Waals surface area contributed by atoms with Crippen molar-refractivity contribution in [3.63, 3.8) is 0 Å². The fourth-order valence-corrected chi connectivity index (χ4v) is 1.83. The van der Waals surface area contributed by atoms with Gasteiger partial charge in [0, 0.05) is 13.1 Å². The molecule has 5 nitrogen and oxygen atoms in total. The van der Waals surface area contributed by atoms with Crippen molar-refractivity contribution < 1.29 is 19.1 Å². The summed E-state index contributed by atoms with van der Waals surface area (Å²) in [4.78, 5) is 24.4. The average Bonchev–Trinajstić information content (AvgIpc) is 2.36. The van der Waals surface area contributed by atoms with Crippen LogP contribution in [-0.2, 0) is 11.3 Å². The summed E-state index contributed by atoms with van der Waals surface area (Å²) < 4.78 is 13.0. The summed E-state index contributed by atoms with van der Waals surface area (Å²) >= 11 is 0. The summed E-state index contributed by atoms with van der Waals surface area (Å²) in [5.41, 5.74) is -0.691. The van der Waals surface area contributed by atoms with Crippen LogP contribution in [0.3, 0.4) is 0 Å². The molecule has 110 valence electrons. The first kappa shape index (κ1) is 15.9. The van der Waals surface area contributed by atoms with Gasteiger partial charge in [0.05, 0.1) is 0 Å². The molecule has 6 heteroatoms. The highest BCUT2D eigenvalue weighted by Crippen LogP contribution is 2.14. The number of nitrogens with one attached hydrogen (secondary N) is 1. The van der Waals surface area contributed by atoms with E-state index in [2.05, 4.69) is 5.32 Å². The molecule has 0 unspecified atom stereocenters. The van der Waals surface area contributed by atoms with Crippen molar-refractivity contribution in [1.29, 1.82) is 0 Å². The Labute approximate surface area is 117 Å². The standard InChI is InChI=1S/C14H19FN2O3/c1-4-17(14(2,3)12(18)19)13(20)16-9-10-6-5-7-11(15)8-10/h5-8H,4,9H2,1-3H3,(H,16,20)(H,18,19). The van der Waals surface area contributed by atoms with Gasteiger partial charge in [0.2, 0.25) is 0 Å². The number of amides is 2. The molecule has 0 aliphatic heterocycles. The molecule has 0 spiro atoms. The predicted octanol–water partition coefficient (Wildman–Crippen LogP) is 2.22. The number of urea groups is 1. The van der Waals surface area contributed by atoms with Crippen molar-refractivity contribution in [2.45, 2.75) is 32.9 Å². The van der Waals surface area contributed by atoms with Crippen molar-refractivity contribution >= 4 is 12.0 Å². The van der Waals surface area contributed by atoms with Gasteiger partial charge in [-0.15, -0.1) is 0 Å². The van der Waals surface area contributed by atoms with Crippen molar-refractivity contribution in [2.24, 2.45) is 0 Å². The maximum absolute atomic E-state index is 13.0. The minimum atomic E-state index is -1.30. The number of carboxylic acid groups (broad SMARTS) is 1. The van der Waals surface area contributed by atoms with Crippen LogP contribution in [0.4, 0.5) is 9.18 Å². The van der Waals surface area contributed by atoms with Crippen LogP contribution < -0.4 is 5.32 Å². The minimum Gasteiger partial charge on any atom is -0.480 e. The molecule has 0 radical (unpaired) electrons. The zero-order valence-corrected chi connectivity index (χ0v) is 11.8. The topological polar surface area (TPSA) is 69.6 Å². The number of carbonyl (C=O) groups is 2. The number of nitrogens with zero attached hydrogens (tertiary/aromatic N) is 1. The minimum absolute atomic E-state index is 0.142. The van der Waals surface area contributed by atoms with Gasteiger partial charge in [-0.05, 0) is 38.5 Å². The Kier molecular flexibility index (Phi) is 5.07. The summed E-state index contributed by atoms with van der Waals surface area (Å²) in [6, 6.07) is 5.37. The normalized spacial score (nSPS) is 11.0. The number of hydrogen-bond donors (Lipinski definition) is 2. The first-order chi connectivity index (χ1) is 9.28. The molecule has 1 aromatic rings. The van der Waals surface area contributed by atoms with Crippen LogP contribution in [0.1, 0.15) is 26.3 Å². The highest BCUT2D eigenvalue weighted by atomic mass is 19.1. The zero-order chi connectivity index (χ0) is 15.3. The van der Waals surface area contributed by atoms with Gasteiger partial charge in [-0.25, -0.2) is 14.0 Å². The van der Waals surface area contributed by atoms with E-state index in [9.17, 15) is 14.0 Å². The lowest BCUT2D eigenvalue weighted by Crippen LogP contribution is -2.55. The van der Waals surface area contributed by atoms with Gasteiger partial charge in [0.15, 0.2) is 0 Å². The Bertz CT molecular complexity index is 503. The van der Waals surface area contributed by atoms with Crippen LogP contribution >= 0.6 is 0 Å². The number of carbonyl (C=O) groups excluding carboxylic acids is 1. The molecule has 0 aliphatic rings. The number of aliphatic carboxylic acids is 1. The maximum atomic E-state index is 13.0. The molecule has 0 heterocycles. The van der Waals surface area contributed by atoms with Crippen LogP contribution in [0.5, 0.6) is 0 Å². The quantitative estimate of drug-likeness (QED) is 0.870. The second-order valence-corrected chi connectivity index (χ2v) is 4.90. The molecule has 1 aromatic carbocycles. The Morgan fingerprint density at radius 3 is 2.55 bits per heavy atom. The summed E-state index contributed by atoms with van der Waals surface area (Å²) in [7, 11) is 0. The lowest BCUT2D eigenvalue weighted by atomic mass is 10.0. The molecule has 2 N–H and O–H groups in total. The third-order valence-electron chi connectivity index (χ3n) is 3.09. The first-order valence-electron chi connectivity index (χ1n) is 6.32. The summed E-state index contributed by atoms with van der Waals surface area (Å²) in [6.45, 7) is 5.02. The van der Waals surface area contributed by atoms with Crippen LogP contribution in [0.25, 0.3) is 0 Å². The second-order valence-electron chi connectivity index (χ2n) is 4.90. The van der Waals surface area contributed by atoms with E-state index in [0.717, 1.165) is 0 Å². The molecule has 1 rings (SSSR count). The summed E-state index contributed by atoms with van der Waals surface area (Å²) in [6.07, 6.45) is 0. The smallest absolute Gasteiger partial charge is 0.329 e. The van der Waals surface area contributed by atoms with Crippen LogP contribution in [0.15, 0.2) is 24.3 Å². The van der Waals surface area contributed by atoms with Gasteiger partial charge < -0.3 is 15.3 Å². The van der Waals surface area contributed by atoms with E-state index in [0.29, 0.717) is 5.56 Å². The molecule has 0 saturated carbocycles. The molecule has 0 atom stereocenters. The van der Waals surface area contributed by atoms with E-state index in [1.807, 2.05) is 0 Å². The van der Waals surface area contributed by atoms with Gasteiger partial charge in [-0.2, -0.15) is 0 Å². The summed E-state index contributed by atoms with van der Waals surface area (Å²) in [5.74, 6) is -1.46. The number of rotatable bonds is 5. The SMILES string of the molecule is CCN(C(=O)NCc1cccc(F)c1)C(C)(C)C(=O)O. The number of halogens is 1. The molecule has 2 amide bonds. The fourth-order valence-electron chi connectivity index (χ4n) is 1.83. The van der Waals surface area contributed by atoms with Crippen molar-refractivity contribution in [3.8, 4) is 0 Å². The second kappa shape index (κ2) is 6.36. The Morgan fingerprint density at radius 1 is 1.40 bits per heavy atom. The van der Waals surface area contributed by atoms with E-state index < -0.39 is 17.5 Å². The van der Waals surface area contributed by atoms with Gasteiger partial charge in [-0.1, -0.05) is 12.1 Å². The highest BCUT2D eigenvalue weighted by Gasteiger charge is 2.36. The first-order valence-corrected chi connectivity index (χ1v) is 6.32. The molecule has 0 bridgehead atoms. The third-order valence-corrected chi connectivity index (χ3v) is 3.09. The highest BCUT2D eigenvalue weighted by molar-refractivity contribution is 5.85. The number of carboxylic acids is 1. The fraction of sp³-hybridized carbons (Fsp3) is 0.429. The molecule has 0 saturated heterocycles. The van der Waals surface area contributed by atoms with Gasteiger partial charge >= 0.3 is 12.0 Å². The van der Waals surface area contributed by atoms with E-state index >= 15 is 0 Å². The third kappa shape index (κ3) is 3.69. The number of hydrogen-bond acceptors (Lipinski definition) is 2. The lowest BCUT2D eigenvalue weighted by molar-refractivity contribution is -0.147. The van der Waals surface area contributed by atoms with E-state index in [1.165, 1.54) is 30.9 Å². The van der Waals surface area contributed by atoms with Crippen LogP contribution in [-0.4, -0.2) is 34.1 Å². The molecule has 0 aliphatic carbocycles. The summed E-state index contributed by atoms with van der Waals surface area (Å²) in [5, 5.41) is 11.7. The van der Waals surface area contributed by atoms with Gasteiger partial charge in [-0.3, -0.25) is 0 Å². The zero-order valence-electron chi connectivity index (χ0n) is 11.8. The Hall–Kier alpha value is -2.11. The van der Waals surface area contributed by atoms with Crippen molar-refractivity contribution in [1.82, 2.24) is 10.2 Å². The number of benzene rings is 1. The van der Waals surface area contributed by atoms with Crippen LogP contribution in [0.2, 0.25) is 0 Å². The molecule has 0 aromatic heterocycles. The largest absolute Gasteiger partial charge is 0.480 e. The van der Waals surface area contributed by atoms with Crippen molar-refractivity contribution in [2.75, 3.05) is 6.54 Å². The van der Waals surface area contributed by atoms with E-state index in [-0.39, 0.29) is 18.9 Å². The predicted molar refractivity (Wildman–Crippen MR) is 72.7 cm³/mol. The lowest BCUT2D eigenvalue weighted by Gasteiger charge is -2.34.